The van der Waals surface area contributed by atoms with Crippen molar-refractivity contribution in [2.75, 3.05) is 19.7 Å². The van der Waals surface area contributed by atoms with Crippen LogP contribution in [0.1, 0.15) is 184 Å². The third-order valence-corrected chi connectivity index (χ3v) is 24.5. The van der Waals surface area contributed by atoms with Crippen molar-refractivity contribution in [3.8, 4) is 0 Å². The second kappa shape index (κ2) is 15.9. The third kappa shape index (κ3) is 6.67. The summed E-state index contributed by atoms with van der Waals surface area (Å²) < 4.78 is 20.7. The first-order valence-electron chi connectivity index (χ1n) is 27.8. The normalized spacial score (nSPS) is 61.3. The molecule has 0 bridgehead atoms. The Hall–Kier alpha value is -0.280. The molecule has 0 aromatic carbocycles. The minimum atomic E-state index is -0.431. The first kappa shape index (κ1) is 45.2. The van der Waals surface area contributed by atoms with Gasteiger partial charge in [-0.2, -0.15) is 0 Å². The van der Waals surface area contributed by atoms with Crippen LogP contribution >= 0.6 is 0 Å². The van der Waals surface area contributed by atoms with E-state index < -0.39 is 5.79 Å². The highest BCUT2D eigenvalue weighted by Gasteiger charge is 2.70. The second-order valence-electron chi connectivity index (χ2n) is 27.1. The number of piperidine rings is 2. The number of ether oxygens (including phenoxy) is 3. The van der Waals surface area contributed by atoms with Gasteiger partial charge in [-0.3, -0.25) is 5.32 Å². The molecule has 1 spiro atoms. The summed E-state index contributed by atoms with van der Waals surface area (Å²) in [5.41, 5.74) is 1.76. The zero-order valence-corrected chi connectivity index (χ0v) is 41.6. The molecule has 7 heteroatoms. The monoisotopic (exact) mass is 875 g/mol. The Bertz CT molecular complexity index is 1690. The summed E-state index contributed by atoms with van der Waals surface area (Å²) in [7, 11) is 0. The number of fused-ring (bicyclic) bond motifs is 15. The summed E-state index contributed by atoms with van der Waals surface area (Å²) in [6.07, 6.45) is 24.6. The van der Waals surface area contributed by atoms with Crippen molar-refractivity contribution in [2.24, 2.45) is 105 Å². The Labute approximate surface area is 384 Å². The van der Waals surface area contributed by atoms with Crippen LogP contribution in [-0.2, 0) is 14.2 Å². The molecule has 12 fully saturated rings. The molecule has 4 heterocycles. The SMILES string of the molecule is CCO[C@]12C[C@@H](C)CN[C@@H]1[C@@H](C)[C@H]1[C@@H](C[C@H]3[C@@H]4CC[C@H]5C[C@@H](O)CC[C@]5(C)[C@H]4CC[C@]13C)O2.C[C@H]1CC[C@]2(NC1)O[C@H]1C[C@H]3[C@@H]4CC[C@H]5C[C@@H](O)CC[C@]5(C)[C@H]4CC[C@]3(C)[C@H]1[C@@H]2C. The van der Waals surface area contributed by atoms with Gasteiger partial charge in [0.15, 0.2) is 5.79 Å². The van der Waals surface area contributed by atoms with Crippen LogP contribution in [-0.4, -0.2) is 71.9 Å². The first-order chi connectivity index (χ1) is 30.0. The summed E-state index contributed by atoms with van der Waals surface area (Å²) >= 11 is 0. The molecule has 0 aromatic heterocycles. The molecule has 4 aliphatic heterocycles. The molecular formula is C56H94N2O5. The quantitative estimate of drug-likeness (QED) is 0.220. The molecule has 25 atom stereocenters. The molecule has 8 aliphatic carbocycles. The third-order valence-electron chi connectivity index (χ3n) is 24.5. The van der Waals surface area contributed by atoms with E-state index in [4.69, 9.17) is 14.2 Å². The maximum atomic E-state index is 10.4. The van der Waals surface area contributed by atoms with E-state index in [1.165, 1.54) is 89.9 Å². The van der Waals surface area contributed by atoms with E-state index in [0.717, 1.165) is 111 Å². The molecule has 358 valence electrons. The van der Waals surface area contributed by atoms with E-state index in [0.29, 0.717) is 63.6 Å². The number of rotatable bonds is 2. The largest absolute Gasteiger partial charge is 0.393 e. The predicted octanol–water partition coefficient (Wildman–Crippen LogP) is 10.7. The lowest BCUT2D eigenvalue weighted by Crippen LogP contribution is -2.69. The van der Waals surface area contributed by atoms with Crippen molar-refractivity contribution in [1.29, 1.82) is 0 Å². The fraction of sp³-hybridized carbons (Fsp3) is 1.00. The topological polar surface area (TPSA) is 92.2 Å². The van der Waals surface area contributed by atoms with Gasteiger partial charge in [-0.1, -0.05) is 55.4 Å². The van der Waals surface area contributed by atoms with Gasteiger partial charge < -0.3 is 29.7 Å². The lowest BCUT2D eigenvalue weighted by Gasteiger charge is -2.62. The summed E-state index contributed by atoms with van der Waals surface area (Å²) in [5, 5.41) is 28.5. The molecule has 63 heavy (non-hydrogen) atoms. The van der Waals surface area contributed by atoms with Gasteiger partial charge in [0.1, 0.15) is 5.72 Å². The van der Waals surface area contributed by atoms with Crippen molar-refractivity contribution in [3.05, 3.63) is 0 Å². The summed E-state index contributed by atoms with van der Waals surface area (Å²) in [5.74, 6) is 10.2. The van der Waals surface area contributed by atoms with Crippen molar-refractivity contribution in [2.45, 2.75) is 226 Å². The highest BCUT2D eigenvalue weighted by Crippen LogP contribution is 2.72. The standard InChI is InChI=1S/C29H49NO3.C27H45NO2/c1-6-32-29-15-17(2)16-30-26(29)18(3)25-24(33-29)14-23-21-8-7-19-13-20(31)9-11-27(19,4)22(21)10-12-28(23,25)5;1-16-7-12-27(28-15-16)17(2)24-23(30-27)14-22-20-6-5-18-13-19(29)8-10-25(18,3)21(20)9-11-26(22,24)4/h17-26,30-31H,6-16H2,1-5H3;16-24,28-29H,5-15H2,1-4H3/t17-,18+,19+,20+,21-,22+,23+,24-,25+,26-,27+,28+,29+;16-,17-,18-,19-,20+,21-,22-,23-,24-,25-,26-,27-/m10/s1. The second-order valence-corrected chi connectivity index (χ2v) is 27.1. The Morgan fingerprint density at radius 3 is 1.68 bits per heavy atom. The Kier molecular flexibility index (Phi) is 11.4. The minimum Gasteiger partial charge on any atom is -0.393 e. The first-order valence-corrected chi connectivity index (χ1v) is 27.8. The van der Waals surface area contributed by atoms with Crippen LogP contribution in [0.5, 0.6) is 0 Å². The number of nitrogens with one attached hydrogen (secondary N) is 2. The summed E-state index contributed by atoms with van der Waals surface area (Å²) in [6, 6.07) is 0.316. The van der Waals surface area contributed by atoms with Gasteiger partial charge in [-0.05, 0) is 228 Å². The van der Waals surface area contributed by atoms with E-state index >= 15 is 0 Å². The lowest BCUT2D eigenvalue weighted by atomic mass is 9.44. The highest BCUT2D eigenvalue weighted by atomic mass is 16.7. The average molecular weight is 875 g/mol. The molecule has 4 N–H and O–H groups in total. The summed E-state index contributed by atoms with van der Waals surface area (Å²) in [6.45, 7) is 25.4. The molecule has 7 nitrogen and oxygen atoms in total. The predicted molar refractivity (Wildman–Crippen MR) is 250 cm³/mol. The molecule has 0 aromatic rings. The maximum absolute atomic E-state index is 10.4. The van der Waals surface area contributed by atoms with Gasteiger partial charge in [0.25, 0.3) is 0 Å². The van der Waals surface area contributed by atoms with E-state index in [2.05, 4.69) is 72.9 Å². The average Bonchev–Trinajstić information content (AvgIpc) is 3.82. The lowest BCUT2D eigenvalue weighted by molar-refractivity contribution is -0.329. The van der Waals surface area contributed by atoms with Crippen LogP contribution in [0.3, 0.4) is 0 Å². The van der Waals surface area contributed by atoms with Gasteiger partial charge >= 0.3 is 0 Å². The van der Waals surface area contributed by atoms with Crippen molar-refractivity contribution >= 4 is 0 Å². The number of aliphatic hydroxyl groups is 2. The van der Waals surface area contributed by atoms with E-state index in [-0.39, 0.29) is 17.9 Å². The van der Waals surface area contributed by atoms with Crippen molar-refractivity contribution in [3.63, 3.8) is 0 Å². The van der Waals surface area contributed by atoms with E-state index in [9.17, 15) is 10.2 Å². The molecule has 0 radical (unpaired) electrons. The van der Waals surface area contributed by atoms with Crippen LogP contribution in [0.2, 0.25) is 0 Å². The number of aliphatic hydroxyl groups excluding tert-OH is 2. The van der Waals surface area contributed by atoms with Crippen LogP contribution in [0.15, 0.2) is 0 Å². The number of hydrogen-bond acceptors (Lipinski definition) is 7. The maximum Gasteiger partial charge on any atom is 0.184 e. The highest BCUT2D eigenvalue weighted by molar-refractivity contribution is 5.18. The van der Waals surface area contributed by atoms with E-state index in [1.807, 2.05) is 0 Å². The van der Waals surface area contributed by atoms with Gasteiger partial charge in [-0.15, -0.1) is 0 Å². The molecule has 4 saturated heterocycles. The zero-order valence-electron chi connectivity index (χ0n) is 41.6. The van der Waals surface area contributed by atoms with Crippen LogP contribution in [0, 0.1) is 105 Å². The van der Waals surface area contributed by atoms with Gasteiger partial charge in [0, 0.05) is 25.5 Å². The van der Waals surface area contributed by atoms with Gasteiger partial charge in [-0.25, -0.2) is 0 Å². The Balaban J connectivity index is 0.000000142. The molecule has 0 amide bonds. The van der Waals surface area contributed by atoms with Crippen LogP contribution in [0.4, 0.5) is 0 Å². The van der Waals surface area contributed by atoms with Crippen molar-refractivity contribution < 1.29 is 24.4 Å². The molecule has 12 aliphatic rings. The fourth-order valence-corrected chi connectivity index (χ4v) is 21.5. The zero-order chi connectivity index (χ0) is 44.1. The summed E-state index contributed by atoms with van der Waals surface area (Å²) in [4.78, 5) is 0. The molecule has 12 rings (SSSR count). The van der Waals surface area contributed by atoms with Crippen LogP contribution in [0.25, 0.3) is 0 Å². The smallest absolute Gasteiger partial charge is 0.184 e. The molecular weight excluding hydrogens is 781 g/mol. The number of hydrogen-bond donors (Lipinski definition) is 4. The van der Waals surface area contributed by atoms with Gasteiger partial charge in [0.2, 0.25) is 0 Å². The minimum absolute atomic E-state index is 0.0319. The fourth-order valence-electron chi connectivity index (χ4n) is 21.5. The van der Waals surface area contributed by atoms with Crippen molar-refractivity contribution in [1.82, 2.24) is 10.6 Å². The van der Waals surface area contributed by atoms with Gasteiger partial charge in [0.05, 0.1) is 30.5 Å². The van der Waals surface area contributed by atoms with E-state index in [1.54, 1.807) is 0 Å². The molecule has 8 saturated carbocycles. The molecule has 0 unspecified atom stereocenters. The Morgan fingerprint density at radius 2 is 1.13 bits per heavy atom. The van der Waals surface area contributed by atoms with Crippen LogP contribution < -0.4 is 10.6 Å². The Morgan fingerprint density at radius 1 is 0.571 bits per heavy atom.